The average molecular weight is 504 g/mol. The largest absolute Gasteiger partial charge is 0.481 e. The van der Waals surface area contributed by atoms with Crippen molar-refractivity contribution < 1.29 is 24.2 Å². The summed E-state index contributed by atoms with van der Waals surface area (Å²) in [6, 6.07) is 5.54. The summed E-state index contributed by atoms with van der Waals surface area (Å²) in [7, 11) is 0. The summed E-state index contributed by atoms with van der Waals surface area (Å²) in [6.45, 7) is 9.50. The zero-order chi connectivity index (χ0) is 26.1. The molecule has 2 heterocycles. The third-order valence-corrected chi connectivity index (χ3v) is 7.64. The zero-order valence-electron chi connectivity index (χ0n) is 22.3. The number of carbonyl (C=O) groups is 2. The summed E-state index contributed by atoms with van der Waals surface area (Å²) >= 11 is 0. The molecule has 8 nitrogen and oxygen atoms in total. The Kier molecular flexibility index (Phi) is 10.9. The maximum atomic E-state index is 13.5. The van der Waals surface area contributed by atoms with E-state index in [0.29, 0.717) is 37.1 Å². The van der Waals surface area contributed by atoms with Gasteiger partial charge in [0, 0.05) is 31.6 Å². The maximum Gasteiger partial charge on any atom is 0.308 e. The van der Waals surface area contributed by atoms with Gasteiger partial charge >= 0.3 is 5.97 Å². The smallest absolute Gasteiger partial charge is 0.308 e. The lowest BCUT2D eigenvalue weighted by Gasteiger charge is -2.31. The lowest BCUT2D eigenvalue weighted by Crippen LogP contribution is -2.45. The van der Waals surface area contributed by atoms with Crippen LogP contribution in [0.25, 0.3) is 0 Å². The monoisotopic (exact) mass is 503 g/mol. The topological polar surface area (TPSA) is 105 Å². The fourth-order valence-corrected chi connectivity index (χ4v) is 5.72. The van der Waals surface area contributed by atoms with Gasteiger partial charge in [-0.05, 0) is 55.8 Å². The highest BCUT2D eigenvalue weighted by Crippen LogP contribution is 2.43. The number of nitrogens with two attached hydrogens (primary N) is 1. The van der Waals surface area contributed by atoms with Crippen LogP contribution in [-0.2, 0) is 9.59 Å². The van der Waals surface area contributed by atoms with E-state index in [1.807, 2.05) is 23.1 Å². The van der Waals surface area contributed by atoms with E-state index in [4.69, 9.17) is 15.2 Å². The Morgan fingerprint density at radius 1 is 1.14 bits per heavy atom. The van der Waals surface area contributed by atoms with Gasteiger partial charge in [-0.3, -0.25) is 14.5 Å². The van der Waals surface area contributed by atoms with Gasteiger partial charge in [-0.25, -0.2) is 0 Å². The van der Waals surface area contributed by atoms with Gasteiger partial charge in [0.25, 0.3) is 0 Å². The van der Waals surface area contributed by atoms with E-state index in [0.717, 1.165) is 57.1 Å². The number of fused-ring (bicyclic) bond motifs is 1. The van der Waals surface area contributed by atoms with Crippen molar-refractivity contribution in [2.24, 2.45) is 17.6 Å². The van der Waals surface area contributed by atoms with Gasteiger partial charge in [-0.15, -0.1) is 0 Å². The number of likely N-dealkylation sites (tertiary alicyclic amines) is 1. The summed E-state index contributed by atoms with van der Waals surface area (Å²) in [5, 5.41) is 10.4. The second kappa shape index (κ2) is 13.8. The predicted octanol–water partition coefficient (Wildman–Crippen LogP) is 4.08. The number of unbranched alkanes of at least 4 members (excludes halogenated alkanes) is 2. The third-order valence-electron chi connectivity index (χ3n) is 7.64. The number of rotatable bonds is 15. The molecule has 3 rings (SSSR count). The Balaban J connectivity index is 1.85. The molecule has 1 fully saturated rings. The number of carboxylic acids is 1. The SMILES string of the molecule is CCCCN(CCCCN)C(=O)CN1C[C@H](c2ccc3c(c2)OCO3)C(C(=O)O)[C@@H]1CC(C)CCC. The Morgan fingerprint density at radius 2 is 1.89 bits per heavy atom. The Labute approximate surface area is 216 Å². The summed E-state index contributed by atoms with van der Waals surface area (Å²) in [6.07, 6.45) is 6.63. The molecular formula is C28H45N3O5. The van der Waals surface area contributed by atoms with Crippen LogP contribution in [0.1, 0.15) is 77.2 Å². The highest BCUT2D eigenvalue weighted by atomic mass is 16.7. The molecule has 0 spiro atoms. The first-order valence-electron chi connectivity index (χ1n) is 13.7. The van der Waals surface area contributed by atoms with E-state index in [1.54, 1.807) is 0 Å². The summed E-state index contributed by atoms with van der Waals surface area (Å²) in [5.41, 5.74) is 6.61. The molecule has 2 unspecified atom stereocenters. The zero-order valence-corrected chi connectivity index (χ0v) is 22.3. The van der Waals surface area contributed by atoms with Crippen molar-refractivity contribution in [3.63, 3.8) is 0 Å². The first kappa shape index (κ1) is 28.3. The molecule has 8 heteroatoms. The number of aliphatic carboxylic acids is 1. The number of amides is 1. The molecule has 0 saturated carbocycles. The molecule has 3 N–H and O–H groups in total. The van der Waals surface area contributed by atoms with E-state index in [-0.39, 0.29) is 31.2 Å². The van der Waals surface area contributed by atoms with Gasteiger partial charge in [-0.2, -0.15) is 0 Å². The van der Waals surface area contributed by atoms with Crippen molar-refractivity contribution in [1.82, 2.24) is 9.80 Å². The lowest BCUT2D eigenvalue weighted by atomic mass is 9.81. The van der Waals surface area contributed by atoms with Crippen LogP contribution >= 0.6 is 0 Å². The fourth-order valence-electron chi connectivity index (χ4n) is 5.72. The lowest BCUT2D eigenvalue weighted by molar-refractivity contribution is -0.144. The summed E-state index contributed by atoms with van der Waals surface area (Å²) in [4.78, 5) is 30.3. The number of hydrogen-bond donors (Lipinski definition) is 2. The minimum atomic E-state index is -0.799. The molecule has 0 aromatic heterocycles. The molecule has 0 radical (unpaired) electrons. The molecule has 1 aromatic rings. The number of hydrogen-bond acceptors (Lipinski definition) is 6. The molecule has 202 valence electrons. The molecule has 4 atom stereocenters. The normalized spacial score (nSPS) is 22.1. The minimum absolute atomic E-state index is 0.0871. The van der Waals surface area contributed by atoms with Gasteiger partial charge in [0.15, 0.2) is 11.5 Å². The molecular weight excluding hydrogens is 458 g/mol. The highest BCUT2D eigenvalue weighted by molar-refractivity contribution is 5.79. The van der Waals surface area contributed by atoms with Crippen molar-refractivity contribution in [3.8, 4) is 11.5 Å². The van der Waals surface area contributed by atoms with Crippen LogP contribution in [0.2, 0.25) is 0 Å². The molecule has 0 bridgehead atoms. The van der Waals surface area contributed by atoms with Gasteiger partial charge in [0.05, 0.1) is 12.5 Å². The Hall–Kier alpha value is -2.32. The molecule has 1 saturated heterocycles. The van der Waals surface area contributed by atoms with Crippen molar-refractivity contribution in [1.29, 1.82) is 0 Å². The predicted molar refractivity (Wildman–Crippen MR) is 140 cm³/mol. The van der Waals surface area contributed by atoms with E-state index in [1.165, 1.54) is 0 Å². The van der Waals surface area contributed by atoms with Gasteiger partial charge in [0.2, 0.25) is 12.7 Å². The quantitative estimate of drug-likeness (QED) is 0.348. The van der Waals surface area contributed by atoms with Crippen molar-refractivity contribution in [2.75, 3.05) is 39.5 Å². The second-order valence-electron chi connectivity index (χ2n) is 10.4. The average Bonchev–Trinajstić information content (AvgIpc) is 3.45. The number of carboxylic acid groups (broad SMARTS) is 1. The number of benzene rings is 1. The van der Waals surface area contributed by atoms with E-state index >= 15 is 0 Å². The van der Waals surface area contributed by atoms with Crippen LogP contribution in [-0.4, -0.2) is 72.3 Å². The van der Waals surface area contributed by atoms with Gasteiger partial charge in [-0.1, -0.05) is 46.1 Å². The van der Waals surface area contributed by atoms with Crippen LogP contribution < -0.4 is 15.2 Å². The van der Waals surface area contributed by atoms with E-state index < -0.39 is 11.9 Å². The van der Waals surface area contributed by atoms with Gasteiger partial charge < -0.3 is 25.2 Å². The molecule has 2 aliphatic rings. The van der Waals surface area contributed by atoms with Crippen LogP contribution in [0.5, 0.6) is 11.5 Å². The Morgan fingerprint density at radius 3 is 2.58 bits per heavy atom. The first-order valence-corrected chi connectivity index (χ1v) is 13.7. The first-order chi connectivity index (χ1) is 17.4. The second-order valence-corrected chi connectivity index (χ2v) is 10.4. The molecule has 1 aromatic carbocycles. The minimum Gasteiger partial charge on any atom is -0.481 e. The Bertz CT molecular complexity index is 864. The number of carbonyl (C=O) groups excluding carboxylic acids is 1. The maximum absolute atomic E-state index is 13.5. The van der Waals surface area contributed by atoms with Crippen molar-refractivity contribution in [3.05, 3.63) is 23.8 Å². The molecule has 36 heavy (non-hydrogen) atoms. The van der Waals surface area contributed by atoms with Gasteiger partial charge in [0.1, 0.15) is 0 Å². The number of ether oxygens (including phenoxy) is 2. The summed E-state index contributed by atoms with van der Waals surface area (Å²) < 4.78 is 11.0. The van der Waals surface area contributed by atoms with Crippen molar-refractivity contribution >= 4 is 11.9 Å². The van der Waals surface area contributed by atoms with Crippen LogP contribution in [0, 0.1) is 11.8 Å². The third kappa shape index (κ3) is 7.13. The molecule has 2 aliphatic heterocycles. The highest BCUT2D eigenvalue weighted by Gasteiger charge is 2.47. The molecule has 1 amide bonds. The van der Waals surface area contributed by atoms with E-state index in [2.05, 4.69) is 25.7 Å². The van der Waals surface area contributed by atoms with Crippen LogP contribution in [0.15, 0.2) is 18.2 Å². The van der Waals surface area contributed by atoms with Crippen LogP contribution in [0.4, 0.5) is 0 Å². The molecule has 0 aliphatic carbocycles. The van der Waals surface area contributed by atoms with Crippen molar-refractivity contribution in [2.45, 2.75) is 77.7 Å². The van der Waals surface area contributed by atoms with Crippen LogP contribution in [0.3, 0.4) is 0 Å². The fraction of sp³-hybridized carbons (Fsp3) is 0.714. The summed E-state index contributed by atoms with van der Waals surface area (Å²) in [5.74, 6) is 0.219. The number of nitrogens with zero attached hydrogens (tertiary/aromatic N) is 2. The standard InChI is InChI=1S/C28H45N3O5/c1-4-6-13-30(14-8-7-12-29)26(32)18-31-17-22(21-10-11-24-25(16-21)36-19-35-24)27(28(33)34)23(31)15-20(3)9-5-2/h10-11,16,20,22-23,27H,4-9,12-15,17-19,29H2,1-3H3,(H,33,34)/t20?,22-,23+,27?/m1/s1. The van der Waals surface area contributed by atoms with E-state index in [9.17, 15) is 14.7 Å².